The van der Waals surface area contributed by atoms with Crippen LogP contribution in [-0.4, -0.2) is 67.1 Å². The molecule has 1 aliphatic rings. The molecule has 31 heavy (non-hydrogen) atoms. The number of aliphatic imine (C=N–C) groups is 1. The van der Waals surface area contributed by atoms with E-state index in [4.69, 9.17) is 14.5 Å². The van der Waals surface area contributed by atoms with E-state index in [1.807, 2.05) is 30.2 Å². The van der Waals surface area contributed by atoms with Crippen LogP contribution in [0, 0.1) is 0 Å². The number of ether oxygens (including phenoxy) is 2. The highest BCUT2D eigenvalue weighted by Gasteiger charge is 2.23. The quantitative estimate of drug-likeness (QED) is 0.288. The van der Waals surface area contributed by atoms with Crippen molar-refractivity contribution in [2.24, 2.45) is 12.0 Å². The maximum absolute atomic E-state index is 5.39. The van der Waals surface area contributed by atoms with Gasteiger partial charge in [-0.3, -0.25) is 14.6 Å². The lowest BCUT2D eigenvalue weighted by Crippen LogP contribution is -2.44. The summed E-state index contributed by atoms with van der Waals surface area (Å²) in [4.78, 5) is 7.19. The van der Waals surface area contributed by atoms with Gasteiger partial charge in [0.1, 0.15) is 11.5 Å². The Hall–Kier alpha value is -2.01. The Balaban J connectivity index is 0.00000341. The summed E-state index contributed by atoms with van der Waals surface area (Å²) in [6.07, 6.45) is 5.92. The van der Waals surface area contributed by atoms with E-state index in [1.165, 1.54) is 11.1 Å². The van der Waals surface area contributed by atoms with Gasteiger partial charge in [0.05, 0.1) is 20.4 Å². The van der Waals surface area contributed by atoms with Crippen LogP contribution in [0.5, 0.6) is 11.5 Å². The third-order valence-corrected chi connectivity index (χ3v) is 5.20. The number of aryl methyl sites for hydroxylation is 1. The van der Waals surface area contributed by atoms with Gasteiger partial charge in [0.2, 0.25) is 0 Å². The minimum atomic E-state index is 0. The van der Waals surface area contributed by atoms with Gasteiger partial charge >= 0.3 is 0 Å². The SMILES string of the molecule is CCNC(=NCCc1cnn(C)c1)NC1CCN(Cc2cc(OC)cc(OC)c2)C1.I. The van der Waals surface area contributed by atoms with E-state index in [1.54, 1.807) is 14.2 Å². The van der Waals surface area contributed by atoms with Gasteiger partial charge in [-0.25, -0.2) is 0 Å². The summed E-state index contributed by atoms with van der Waals surface area (Å²) in [6, 6.07) is 6.44. The van der Waals surface area contributed by atoms with Gasteiger partial charge in [0.25, 0.3) is 0 Å². The molecule has 2 heterocycles. The second kappa shape index (κ2) is 12.7. The number of guanidine groups is 1. The predicted molar refractivity (Wildman–Crippen MR) is 135 cm³/mol. The van der Waals surface area contributed by atoms with Crippen molar-refractivity contribution in [3.8, 4) is 11.5 Å². The molecule has 1 fully saturated rings. The van der Waals surface area contributed by atoms with E-state index in [2.05, 4.69) is 39.7 Å². The molecular formula is C22H35IN6O2. The minimum absolute atomic E-state index is 0. The fourth-order valence-electron chi connectivity index (χ4n) is 3.72. The summed E-state index contributed by atoms with van der Waals surface area (Å²) in [6.45, 7) is 6.58. The van der Waals surface area contributed by atoms with Crippen LogP contribution in [0.25, 0.3) is 0 Å². The summed E-state index contributed by atoms with van der Waals surface area (Å²) in [5.74, 6) is 2.54. The van der Waals surface area contributed by atoms with Crippen molar-refractivity contribution in [2.75, 3.05) is 40.4 Å². The van der Waals surface area contributed by atoms with Crippen molar-refractivity contribution in [1.82, 2.24) is 25.3 Å². The summed E-state index contributed by atoms with van der Waals surface area (Å²) >= 11 is 0. The number of hydrogen-bond donors (Lipinski definition) is 2. The van der Waals surface area contributed by atoms with Gasteiger partial charge in [-0.2, -0.15) is 5.10 Å². The number of nitrogens with one attached hydrogen (secondary N) is 2. The number of nitrogens with zero attached hydrogens (tertiary/aromatic N) is 4. The molecule has 1 unspecified atom stereocenters. The van der Waals surface area contributed by atoms with Gasteiger partial charge in [0, 0.05) is 58.1 Å². The summed E-state index contributed by atoms with van der Waals surface area (Å²) < 4.78 is 12.6. The average molecular weight is 542 g/mol. The molecule has 8 nitrogen and oxygen atoms in total. The Labute approximate surface area is 202 Å². The van der Waals surface area contributed by atoms with Crippen molar-refractivity contribution < 1.29 is 9.47 Å². The molecule has 1 aromatic heterocycles. The zero-order valence-corrected chi connectivity index (χ0v) is 21.3. The smallest absolute Gasteiger partial charge is 0.191 e. The molecule has 1 aliphatic heterocycles. The van der Waals surface area contributed by atoms with Crippen LogP contribution in [0.1, 0.15) is 24.5 Å². The molecule has 1 atom stereocenters. The fraction of sp³-hybridized carbons (Fsp3) is 0.545. The lowest BCUT2D eigenvalue weighted by molar-refractivity contribution is 0.321. The molecule has 172 valence electrons. The molecule has 0 spiro atoms. The van der Waals surface area contributed by atoms with E-state index in [0.717, 1.165) is 63.0 Å². The van der Waals surface area contributed by atoms with Gasteiger partial charge in [-0.15, -0.1) is 24.0 Å². The van der Waals surface area contributed by atoms with Crippen LogP contribution in [0.4, 0.5) is 0 Å². The van der Waals surface area contributed by atoms with Crippen LogP contribution in [-0.2, 0) is 20.0 Å². The maximum atomic E-state index is 5.39. The Morgan fingerprint density at radius 3 is 2.55 bits per heavy atom. The van der Waals surface area contributed by atoms with Crippen molar-refractivity contribution in [3.05, 3.63) is 41.7 Å². The molecule has 1 saturated heterocycles. The molecule has 1 aromatic carbocycles. The molecule has 0 saturated carbocycles. The van der Waals surface area contributed by atoms with Crippen LogP contribution in [0.15, 0.2) is 35.6 Å². The topological polar surface area (TPSA) is 75.9 Å². The predicted octanol–water partition coefficient (Wildman–Crippen LogP) is 2.43. The van der Waals surface area contributed by atoms with Gasteiger partial charge in [-0.1, -0.05) is 0 Å². The van der Waals surface area contributed by atoms with Crippen molar-refractivity contribution in [2.45, 2.75) is 32.4 Å². The first-order valence-corrected chi connectivity index (χ1v) is 10.6. The van der Waals surface area contributed by atoms with Crippen molar-refractivity contribution in [3.63, 3.8) is 0 Å². The molecule has 0 aliphatic carbocycles. The monoisotopic (exact) mass is 542 g/mol. The highest BCUT2D eigenvalue weighted by molar-refractivity contribution is 14.0. The summed E-state index contributed by atoms with van der Waals surface area (Å²) in [7, 11) is 5.31. The lowest BCUT2D eigenvalue weighted by Gasteiger charge is -2.19. The second-order valence-electron chi connectivity index (χ2n) is 7.62. The molecule has 3 rings (SSSR count). The largest absolute Gasteiger partial charge is 0.497 e. The van der Waals surface area contributed by atoms with Crippen LogP contribution in [0.2, 0.25) is 0 Å². The van der Waals surface area contributed by atoms with Crippen LogP contribution < -0.4 is 20.1 Å². The number of likely N-dealkylation sites (tertiary alicyclic amines) is 1. The van der Waals surface area contributed by atoms with Crippen molar-refractivity contribution in [1.29, 1.82) is 0 Å². The van der Waals surface area contributed by atoms with E-state index >= 15 is 0 Å². The number of benzene rings is 1. The number of rotatable bonds is 9. The minimum Gasteiger partial charge on any atom is -0.497 e. The first-order chi connectivity index (χ1) is 14.6. The standard InChI is InChI=1S/C22H34N6O2.HI/c1-5-23-22(24-8-6-17-13-25-27(2)14-17)26-19-7-9-28(16-19)15-18-10-20(29-3)12-21(11-18)30-4;/h10-14,19H,5-9,15-16H2,1-4H3,(H2,23,24,26);1H. The highest BCUT2D eigenvalue weighted by Crippen LogP contribution is 2.24. The average Bonchev–Trinajstić information content (AvgIpc) is 3.36. The second-order valence-corrected chi connectivity index (χ2v) is 7.62. The van der Waals surface area contributed by atoms with E-state index < -0.39 is 0 Å². The van der Waals surface area contributed by atoms with E-state index in [-0.39, 0.29) is 24.0 Å². The number of halogens is 1. The Morgan fingerprint density at radius 2 is 1.94 bits per heavy atom. The molecule has 2 N–H and O–H groups in total. The lowest BCUT2D eigenvalue weighted by atomic mass is 10.2. The Morgan fingerprint density at radius 1 is 1.19 bits per heavy atom. The van der Waals surface area contributed by atoms with Gasteiger partial charge in [0.15, 0.2) is 5.96 Å². The molecule has 0 amide bonds. The summed E-state index contributed by atoms with van der Waals surface area (Å²) in [5.41, 5.74) is 2.40. The zero-order chi connectivity index (χ0) is 21.3. The molecule has 9 heteroatoms. The molecule has 2 aromatic rings. The van der Waals surface area contributed by atoms with Crippen molar-refractivity contribution >= 4 is 29.9 Å². The van der Waals surface area contributed by atoms with Crippen LogP contribution in [0.3, 0.4) is 0 Å². The number of methoxy groups -OCH3 is 2. The fourth-order valence-corrected chi connectivity index (χ4v) is 3.72. The van der Waals surface area contributed by atoms with Crippen LogP contribution >= 0.6 is 24.0 Å². The normalized spacial score (nSPS) is 16.6. The highest BCUT2D eigenvalue weighted by atomic mass is 127. The summed E-state index contributed by atoms with van der Waals surface area (Å²) in [5, 5.41) is 11.2. The van der Waals surface area contributed by atoms with Gasteiger partial charge in [-0.05, 0) is 43.0 Å². The number of hydrogen-bond acceptors (Lipinski definition) is 5. The first kappa shape index (κ1) is 25.3. The van der Waals surface area contributed by atoms with E-state index in [0.29, 0.717) is 6.04 Å². The first-order valence-electron chi connectivity index (χ1n) is 10.6. The zero-order valence-electron chi connectivity index (χ0n) is 18.9. The van der Waals surface area contributed by atoms with Gasteiger partial charge < -0.3 is 20.1 Å². The Kier molecular flexibility index (Phi) is 10.4. The molecular weight excluding hydrogens is 507 g/mol. The third kappa shape index (κ3) is 7.88. The molecule has 0 bridgehead atoms. The number of aromatic nitrogens is 2. The van der Waals surface area contributed by atoms with E-state index in [9.17, 15) is 0 Å². The Bertz CT molecular complexity index is 819. The molecule has 0 radical (unpaired) electrons. The third-order valence-electron chi connectivity index (χ3n) is 5.20. The maximum Gasteiger partial charge on any atom is 0.191 e.